The Morgan fingerprint density at radius 3 is 2.38 bits per heavy atom. The van der Waals surface area contributed by atoms with E-state index in [-0.39, 0.29) is 17.0 Å². The third-order valence-electron chi connectivity index (χ3n) is 11.8. The van der Waals surface area contributed by atoms with Crippen LogP contribution in [-0.4, -0.2) is 85.1 Å². The number of anilines is 3. The first kappa shape index (κ1) is 40.4. The zero-order chi connectivity index (χ0) is 42.1. The van der Waals surface area contributed by atoms with E-state index in [1.165, 1.54) is 11.6 Å². The Hall–Kier alpha value is -6.41. The van der Waals surface area contributed by atoms with Gasteiger partial charge in [0, 0.05) is 42.1 Å². The van der Waals surface area contributed by atoms with Gasteiger partial charge in [0.05, 0.1) is 29.9 Å². The lowest BCUT2D eigenvalue weighted by molar-refractivity contribution is 0.0135. The lowest BCUT2D eigenvalue weighted by atomic mass is 9.78. The van der Waals surface area contributed by atoms with Crippen LogP contribution in [-0.2, 0) is 0 Å². The van der Waals surface area contributed by atoms with E-state index >= 15 is 0 Å². The van der Waals surface area contributed by atoms with Gasteiger partial charge in [0.25, 0.3) is 5.91 Å². The summed E-state index contributed by atoms with van der Waals surface area (Å²) in [6, 6.07) is 24.1. The second kappa shape index (κ2) is 16.7. The van der Waals surface area contributed by atoms with Crippen LogP contribution in [0.5, 0.6) is 5.75 Å². The molecule has 3 aromatic heterocycles. The lowest BCUT2D eigenvalue weighted by Crippen LogP contribution is -2.56. The van der Waals surface area contributed by atoms with Crippen molar-refractivity contribution in [2.24, 2.45) is 5.41 Å². The molecule has 2 fully saturated rings. The van der Waals surface area contributed by atoms with E-state index in [4.69, 9.17) is 14.7 Å². The lowest BCUT2D eigenvalue weighted by Gasteiger charge is -2.48. The van der Waals surface area contributed by atoms with Crippen molar-refractivity contribution in [3.05, 3.63) is 120 Å². The average molecular weight is 815 g/mol. The highest BCUT2D eigenvalue weighted by atomic mass is 19.1. The molecule has 2 atom stereocenters. The maximum Gasteiger partial charge on any atom is 0.407 e. The minimum atomic E-state index is -0.872. The Balaban J connectivity index is 0.997. The number of likely N-dealkylation sites (tertiary alicyclic amines) is 2. The minimum Gasteiger partial charge on any atom is -0.495 e. The molecule has 2 aliphatic heterocycles. The molecule has 2 aliphatic rings. The number of imidazole rings is 1. The summed E-state index contributed by atoms with van der Waals surface area (Å²) < 4.78 is 36.5. The molecule has 6 aromatic rings. The third-order valence-corrected chi connectivity index (χ3v) is 11.8. The van der Waals surface area contributed by atoms with Crippen LogP contribution in [0.2, 0.25) is 0 Å². The van der Waals surface area contributed by atoms with Crippen LogP contribution in [0.4, 0.5) is 30.9 Å². The highest BCUT2D eigenvalue weighted by Gasteiger charge is 2.41. The maximum atomic E-state index is 14.4. The molecule has 310 valence electrons. The molecule has 60 heavy (non-hydrogen) atoms. The molecule has 12 nitrogen and oxygen atoms in total. The number of nitrogens with zero attached hydrogens (tertiary/aromatic N) is 6. The van der Waals surface area contributed by atoms with Gasteiger partial charge >= 0.3 is 6.09 Å². The second-order valence-corrected chi connectivity index (χ2v) is 16.6. The number of hydrogen-bond donors (Lipinski definition) is 3. The molecular formula is C46H48F2N8O4. The summed E-state index contributed by atoms with van der Waals surface area (Å²) in [7, 11) is 1.64. The number of aromatic nitrogens is 4. The Kier molecular flexibility index (Phi) is 11.2. The van der Waals surface area contributed by atoms with Crippen molar-refractivity contribution in [3.63, 3.8) is 0 Å². The van der Waals surface area contributed by atoms with Gasteiger partial charge in [0.1, 0.15) is 28.7 Å². The van der Waals surface area contributed by atoms with Gasteiger partial charge in [-0.1, -0.05) is 51.1 Å². The van der Waals surface area contributed by atoms with Crippen LogP contribution in [0.1, 0.15) is 68.3 Å². The van der Waals surface area contributed by atoms with Gasteiger partial charge in [-0.05, 0) is 110 Å². The second-order valence-electron chi connectivity index (χ2n) is 16.6. The number of ether oxygens (including phenoxy) is 1. The Morgan fingerprint density at radius 1 is 0.883 bits per heavy atom. The number of benzene rings is 3. The zero-order valence-corrected chi connectivity index (χ0v) is 34.0. The SMILES string of the molecule is COc1cc(C2CCN(C3CCN(C(=O)O)C(C(C)(C)C)C3)CC2)ccc1Nc1nccc(-c2c(-c3cccc(C(=O)Nc4c(F)cccc4F)c3)nc3ccccn23)n1. The fourth-order valence-corrected chi connectivity index (χ4v) is 8.72. The Labute approximate surface area is 347 Å². The first-order chi connectivity index (χ1) is 28.9. The van der Waals surface area contributed by atoms with Crippen molar-refractivity contribution in [2.45, 2.75) is 64.5 Å². The van der Waals surface area contributed by atoms with Crippen molar-refractivity contribution in [1.82, 2.24) is 29.2 Å². The molecule has 0 bridgehead atoms. The summed E-state index contributed by atoms with van der Waals surface area (Å²) in [5.41, 5.74) is 4.47. The molecular weight excluding hydrogens is 767 g/mol. The standard InChI is InChI=1S/C46H48F2N8O4/c1-46(2,3)38-27-32(19-24-55(38)45(58)59)54-22-17-28(18-23-54)29-14-15-35(37(26-29)60-4)50-44-49-20-16-36(51-44)42-40(52-39-13-5-6-21-56(39)42)30-9-7-10-31(25-30)43(57)53-41-33(47)11-8-12-34(41)48/h5-16,20-21,25-26,28,32,38H,17-19,22-24,27H2,1-4H3,(H,53,57)(H,58,59)(H,49,50,51). The highest BCUT2D eigenvalue weighted by molar-refractivity contribution is 6.05. The fraction of sp³-hybridized carbons (Fsp3) is 0.326. The topological polar surface area (TPSA) is 137 Å². The fourth-order valence-electron chi connectivity index (χ4n) is 8.72. The number of carbonyl (C=O) groups is 2. The number of hydrogen-bond acceptors (Lipinski definition) is 8. The summed E-state index contributed by atoms with van der Waals surface area (Å²) in [4.78, 5) is 43.7. The number of rotatable bonds is 9. The zero-order valence-electron chi connectivity index (χ0n) is 34.0. The van der Waals surface area contributed by atoms with E-state index in [2.05, 4.69) is 53.4 Å². The molecule has 0 aliphatic carbocycles. The van der Waals surface area contributed by atoms with Crippen molar-refractivity contribution in [2.75, 3.05) is 37.4 Å². The number of para-hydroxylation sites is 1. The summed E-state index contributed by atoms with van der Waals surface area (Å²) in [6.07, 6.45) is 6.42. The van der Waals surface area contributed by atoms with E-state index < -0.39 is 29.3 Å². The van der Waals surface area contributed by atoms with Crippen molar-refractivity contribution < 1.29 is 28.2 Å². The maximum absolute atomic E-state index is 14.4. The predicted octanol–water partition coefficient (Wildman–Crippen LogP) is 9.48. The van der Waals surface area contributed by atoms with Gasteiger partial charge in [-0.2, -0.15) is 0 Å². The number of pyridine rings is 1. The van der Waals surface area contributed by atoms with Crippen molar-refractivity contribution in [3.8, 4) is 28.4 Å². The van der Waals surface area contributed by atoms with E-state index in [9.17, 15) is 23.5 Å². The summed E-state index contributed by atoms with van der Waals surface area (Å²) in [5.74, 6) is -1.05. The van der Waals surface area contributed by atoms with E-state index in [1.54, 1.807) is 42.5 Å². The van der Waals surface area contributed by atoms with Gasteiger partial charge in [-0.25, -0.2) is 28.5 Å². The van der Waals surface area contributed by atoms with E-state index in [0.717, 1.165) is 50.9 Å². The van der Waals surface area contributed by atoms with Crippen LogP contribution in [0, 0.1) is 17.0 Å². The smallest absolute Gasteiger partial charge is 0.407 e. The van der Waals surface area contributed by atoms with Crippen molar-refractivity contribution >= 4 is 35.0 Å². The van der Waals surface area contributed by atoms with Crippen molar-refractivity contribution in [1.29, 1.82) is 0 Å². The molecule has 3 aromatic carbocycles. The van der Waals surface area contributed by atoms with Gasteiger partial charge in [0.2, 0.25) is 5.95 Å². The molecule has 2 unspecified atom stereocenters. The minimum absolute atomic E-state index is 0.0117. The molecule has 2 amide bonds. The molecule has 0 saturated carbocycles. The van der Waals surface area contributed by atoms with Crippen LogP contribution >= 0.6 is 0 Å². The largest absolute Gasteiger partial charge is 0.495 e. The molecule has 3 N–H and O–H groups in total. The van der Waals surface area contributed by atoms with Crippen LogP contribution < -0.4 is 15.4 Å². The van der Waals surface area contributed by atoms with Crippen LogP contribution in [0.3, 0.4) is 0 Å². The molecule has 8 rings (SSSR count). The first-order valence-electron chi connectivity index (χ1n) is 20.2. The number of piperidine rings is 2. The number of carbonyl (C=O) groups excluding carboxylic acids is 1. The first-order valence-corrected chi connectivity index (χ1v) is 20.2. The summed E-state index contributed by atoms with van der Waals surface area (Å²) in [6.45, 7) is 8.87. The van der Waals surface area contributed by atoms with Crippen LogP contribution in [0.25, 0.3) is 28.3 Å². The average Bonchev–Trinajstić information content (AvgIpc) is 3.65. The van der Waals surface area contributed by atoms with E-state index in [1.807, 2.05) is 40.9 Å². The number of fused-ring (bicyclic) bond motifs is 1. The summed E-state index contributed by atoms with van der Waals surface area (Å²) >= 11 is 0. The van der Waals surface area contributed by atoms with Gasteiger partial charge in [0.15, 0.2) is 0 Å². The molecule has 14 heteroatoms. The number of amides is 2. The molecule has 0 radical (unpaired) electrons. The number of nitrogens with one attached hydrogen (secondary N) is 2. The Morgan fingerprint density at radius 2 is 1.65 bits per heavy atom. The number of methoxy groups -OCH3 is 1. The molecule has 5 heterocycles. The predicted molar refractivity (Wildman–Crippen MR) is 227 cm³/mol. The molecule has 0 spiro atoms. The quantitative estimate of drug-likeness (QED) is 0.130. The number of halogens is 2. The molecule has 2 saturated heterocycles. The third kappa shape index (κ3) is 8.24. The van der Waals surface area contributed by atoms with Crippen LogP contribution in [0.15, 0.2) is 97.3 Å². The van der Waals surface area contributed by atoms with E-state index in [0.29, 0.717) is 64.2 Å². The van der Waals surface area contributed by atoms with Gasteiger partial charge < -0.3 is 30.3 Å². The number of carboxylic acid groups (broad SMARTS) is 1. The van der Waals surface area contributed by atoms with Gasteiger partial charge in [-0.3, -0.25) is 9.20 Å². The Bertz CT molecular complexity index is 2530. The van der Waals surface area contributed by atoms with Gasteiger partial charge in [-0.15, -0.1) is 0 Å². The highest BCUT2D eigenvalue weighted by Crippen LogP contribution is 2.39. The normalized spacial score (nSPS) is 17.7. The summed E-state index contributed by atoms with van der Waals surface area (Å²) in [5, 5.41) is 15.5. The monoisotopic (exact) mass is 814 g/mol.